The highest BCUT2D eigenvalue weighted by Gasteiger charge is 2.13. The van der Waals surface area contributed by atoms with Crippen molar-refractivity contribution in [2.75, 3.05) is 0 Å². The van der Waals surface area contributed by atoms with Crippen molar-refractivity contribution in [1.82, 2.24) is 4.57 Å². The van der Waals surface area contributed by atoms with Crippen molar-refractivity contribution in [3.05, 3.63) is 18.2 Å². The van der Waals surface area contributed by atoms with Crippen LogP contribution in [-0.4, -0.2) is 4.57 Å². The predicted molar refractivity (Wildman–Crippen MR) is 101 cm³/mol. The minimum Gasteiger partial charge on any atom is -0.234 e. The molecule has 2 nitrogen and oxygen atoms in total. The van der Waals surface area contributed by atoms with E-state index in [-0.39, 0.29) is 0 Å². The number of hydrogen-bond donors (Lipinski definition) is 0. The van der Waals surface area contributed by atoms with Gasteiger partial charge in [-0.2, -0.15) is 0 Å². The number of hydrogen-bond acceptors (Lipinski definition) is 0. The fourth-order valence-electron chi connectivity index (χ4n) is 3.42. The fourth-order valence-corrected chi connectivity index (χ4v) is 3.42. The first kappa shape index (κ1) is 20.3. The Labute approximate surface area is 145 Å². The van der Waals surface area contributed by atoms with E-state index >= 15 is 0 Å². The van der Waals surface area contributed by atoms with Gasteiger partial charge < -0.3 is 0 Å². The number of aryl methyl sites for hydroxylation is 1. The van der Waals surface area contributed by atoms with Crippen LogP contribution in [0.3, 0.4) is 0 Å². The lowest BCUT2D eigenvalue weighted by molar-refractivity contribution is -0.703. The van der Waals surface area contributed by atoms with E-state index in [2.05, 4.69) is 49.2 Å². The third-order valence-corrected chi connectivity index (χ3v) is 5.01. The molecule has 0 aliphatic heterocycles. The largest absolute Gasteiger partial charge is 0.253 e. The van der Waals surface area contributed by atoms with Crippen LogP contribution in [0.1, 0.15) is 110 Å². The first-order valence-corrected chi connectivity index (χ1v) is 10.2. The molecular weight excluding hydrogens is 280 g/mol. The van der Waals surface area contributed by atoms with E-state index in [0.29, 0.717) is 6.04 Å². The molecule has 0 unspecified atom stereocenters. The minimum absolute atomic E-state index is 0.568. The molecule has 1 heterocycles. The maximum atomic E-state index is 2.41. The van der Waals surface area contributed by atoms with Crippen molar-refractivity contribution in [1.29, 1.82) is 0 Å². The Kier molecular flexibility index (Phi) is 11.1. The quantitative estimate of drug-likeness (QED) is 0.278. The summed E-state index contributed by atoms with van der Waals surface area (Å²) in [6.07, 6.45) is 21.6. The zero-order chi connectivity index (χ0) is 16.9. The van der Waals surface area contributed by atoms with Gasteiger partial charge in [-0.25, -0.2) is 9.13 Å². The minimum atomic E-state index is 0.568. The first-order chi connectivity index (χ1) is 11.2. The maximum Gasteiger partial charge on any atom is 0.253 e. The van der Waals surface area contributed by atoms with Crippen molar-refractivity contribution < 1.29 is 4.57 Å². The molecule has 0 aliphatic carbocycles. The Morgan fingerprint density at radius 2 is 1.30 bits per heavy atom. The summed E-state index contributed by atoms with van der Waals surface area (Å²) in [5.74, 6) is 1.39. The number of nitrogens with zero attached hydrogens (tertiary/aromatic N) is 2. The third kappa shape index (κ3) is 8.58. The molecule has 2 heteroatoms. The molecule has 0 aliphatic rings. The molecule has 0 N–H and O–H groups in total. The van der Waals surface area contributed by atoms with Crippen molar-refractivity contribution in [2.24, 2.45) is 0 Å². The second-order valence-electron chi connectivity index (χ2n) is 7.43. The molecule has 0 amide bonds. The molecule has 1 rings (SSSR count). The molecule has 1 aromatic rings. The fraction of sp³-hybridized carbons (Fsp3) is 0.857. The topological polar surface area (TPSA) is 8.81 Å². The Bertz CT molecular complexity index is 393. The monoisotopic (exact) mass is 321 g/mol. The summed E-state index contributed by atoms with van der Waals surface area (Å²) >= 11 is 0. The number of imidazole rings is 1. The molecular formula is C21H41N2+. The summed E-state index contributed by atoms with van der Waals surface area (Å²) < 4.78 is 4.77. The molecule has 0 fully saturated rings. The summed E-state index contributed by atoms with van der Waals surface area (Å²) in [6.45, 7) is 10.2. The lowest BCUT2D eigenvalue weighted by atomic mass is 10.1. The Morgan fingerprint density at radius 1 is 0.826 bits per heavy atom. The summed E-state index contributed by atoms with van der Waals surface area (Å²) in [5, 5.41) is 0. The van der Waals surface area contributed by atoms with Gasteiger partial charge in [0.1, 0.15) is 12.4 Å². The molecule has 0 aromatic carbocycles. The highest BCUT2D eigenvalue weighted by Crippen LogP contribution is 2.12. The van der Waals surface area contributed by atoms with Crippen LogP contribution in [0.5, 0.6) is 0 Å². The summed E-state index contributed by atoms with van der Waals surface area (Å²) in [7, 11) is 0. The highest BCUT2D eigenvalue weighted by atomic mass is 15.2. The van der Waals surface area contributed by atoms with E-state index in [1.807, 2.05) is 0 Å². The summed E-state index contributed by atoms with van der Waals surface area (Å²) in [5.41, 5.74) is 0. The van der Waals surface area contributed by atoms with E-state index in [4.69, 9.17) is 0 Å². The van der Waals surface area contributed by atoms with E-state index in [1.54, 1.807) is 0 Å². The second-order valence-corrected chi connectivity index (χ2v) is 7.43. The van der Waals surface area contributed by atoms with Gasteiger partial charge in [-0.3, -0.25) is 0 Å². The Hall–Kier alpha value is -0.790. The molecule has 0 spiro atoms. The Morgan fingerprint density at radius 3 is 1.74 bits per heavy atom. The smallest absolute Gasteiger partial charge is 0.234 e. The molecule has 0 bridgehead atoms. The van der Waals surface area contributed by atoms with Crippen molar-refractivity contribution >= 4 is 0 Å². The molecule has 0 atom stereocenters. The normalized spacial score (nSPS) is 11.5. The van der Waals surface area contributed by atoms with Crippen LogP contribution in [-0.2, 0) is 6.54 Å². The molecule has 1 aromatic heterocycles. The molecule has 134 valence electrons. The molecule has 0 radical (unpaired) electrons. The van der Waals surface area contributed by atoms with Gasteiger partial charge in [0.25, 0.3) is 5.82 Å². The second kappa shape index (κ2) is 12.6. The number of aromatic nitrogens is 2. The van der Waals surface area contributed by atoms with Gasteiger partial charge in [-0.15, -0.1) is 0 Å². The van der Waals surface area contributed by atoms with Crippen LogP contribution < -0.4 is 4.57 Å². The van der Waals surface area contributed by atoms with Crippen LogP contribution in [0.4, 0.5) is 0 Å². The molecule has 0 saturated carbocycles. The van der Waals surface area contributed by atoms with Gasteiger partial charge in [0.05, 0.1) is 12.6 Å². The predicted octanol–water partition coefficient (Wildman–Crippen LogP) is 6.37. The van der Waals surface area contributed by atoms with Crippen LogP contribution in [0.15, 0.2) is 12.4 Å². The van der Waals surface area contributed by atoms with Gasteiger partial charge in [-0.05, 0) is 26.7 Å². The molecule has 23 heavy (non-hydrogen) atoms. The third-order valence-electron chi connectivity index (χ3n) is 5.01. The van der Waals surface area contributed by atoms with Gasteiger partial charge in [-0.1, -0.05) is 71.1 Å². The van der Waals surface area contributed by atoms with E-state index < -0.39 is 0 Å². The zero-order valence-electron chi connectivity index (χ0n) is 16.3. The summed E-state index contributed by atoms with van der Waals surface area (Å²) in [4.78, 5) is 0. The van der Waals surface area contributed by atoms with Gasteiger partial charge in [0, 0.05) is 6.92 Å². The van der Waals surface area contributed by atoms with Crippen LogP contribution in [0.2, 0.25) is 0 Å². The van der Waals surface area contributed by atoms with Crippen LogP contribution >= 0.6 is 0 Å². The first-order valence-electron chi connectivity index (χ1n) is 10.2. The van der Waals surface area contributed by atoms with Crippen LogP contribution in [0, 0.1) is 6.92 Å². The van der Waals surface area contributed by atoms with Crippen LogP contribution in [0.25, 0.3) is 0 Å². The standard InChI is InChI=1S/C21H41N2/c1-5-6-7-8-9-10-11-12-13-14-15-16-17-22-18-19-23(20(2)3)21(22)4/h18-20H,5-17H2,1-4H3/q+1. The summed E-state index contributed by atoms with van der Waals surface area (Å²) in [6, 6.07) is 0.568. The zero-order valence-corrected chi connectivity index (χ0v) is 16.3. The SMILES string of the molecule is CCCCCCCCCCCCCC[n+]1ccn(C(C)C)c1C. The number of unbranched alkanes of at least 4 members (excludes halogenated alkanes) is 11. The lowest BCUT2D eigenvalue weighted by Gasteiger charge is -2.04. The average Bonchev–Trinajstić information content (AvgIpc) is 2.89. The number of rotatable bonds is 14. The Balaban J connectivity index is 1.94. The van der Waals surface area contributed by atoms with Crippen molar-refractivity contribution in [3.63, 3.8) is 0 Å². The van der Waals surface area contributed by atoms with Gasteiger partial charge in [0.15, 0.2) is 0 Å². The van der Waals surface area contributed by atoms with E-state index in [1.165, 1.54) is 89.4 Å². The maximum absolute atomic E-state index is 2.41. The van der Waals surface area contributed by atoms with Crippen molar-refractivity contribution in [3.8, 4) is 0 Å². The highest BCUT2D eigenvalue weighted by molar-refractivity contribution is 4.82. The van der Waals surface area contributed by atoms with Crippen molar-refractivity contribution in [2.45, 2.75) is 117 Å². The lowest BCUT2D eigenvalue weighted by Crippen LogP contribution is -2.35. The van der Waals surface area contributed by atoms with Gasteiger partial charge >= 0.3 is 0 Å². The van der Waals surface area contributed by atoms with Gasteiger partial charge in [0.2, 0.25) is 0 Å². The molecule has 0 saturated heterocycles. The van der Waals surface area contributed by atoms with E-state index in [9.17, 15) is 0 Å². The van der Waals surface area contributed by atoms with E-state index in [0.717, 1.165) is 0 Å². The average molecular weight is 322 g/mol.